The van der Waals surface area contributed by atoms with Crippen LogP contribution in [0.3, 0.4) is 0 Å². The SMILES string of the molecule is Cc1nc(CN2Cc3ccnn3C(CC(=O)N3CCC3)C2)cs1.O=C(O)C(F)(F)F. The van der Waals surface area contributed by atoms with Gasteiger partial charge in [-0.3, -0.25) is 14.4 Å². The van der Waals surface area contributed by atoms with E-state index in [0.717, 1.165) is 49.8 Å². The number of carboxylic acid groups (broad SMARTS) is 1. The molecule has 1 unspecified atom stereocenters. The van der Waals surface area contributed by atoms with E-state index < -0.39 is 12.1 Å². The second kappa shape index (κ2) is 9.13. The number of likely N-dealkylation sites (tertiary alicyclic amines) is 1. The lowest BCUT2D eigenvalue weighted by molar-refractivity contribution is -0.192. The topological polar surface area (TPSA) is 91.6 Å². The summed E-state index contributed by atoms with van der Waals surface area (Å²) >= 11 is 1.69. The summed E-state index contributed by atoms with van der Waals surface area (Å²) in [5.74, 6) is -2.50. The molecule has 30 heavy (non-hydrogen) atoms. The minimum atomic E-state index is -5.08. The molecule has 1 amide bonds. The van der Waals surface area contributed by atoms with Gasteiger partial charge in [0, 0.05) is 44.3 Å². The highest BCUT2D eigenvalue weighted by Crippen LogP contribution is 2.26. The molecule has 8 nitrogen and oxygen atoms in total. The van der Waals surface area contributed by atoms with Gasteiger partial charge in [0.25, 0.3) is 0 Å². The van der Waals surface area contributed by atoms with E-state index in [2.05, 4.69) is 26.4 Å². The van der Waals surface area contributed by atoms with Crippen LogP contribution in [0.1, 0.15) is 35.3 Å². The van der Waals surface area contributed by atoms with Crippen LogP contribution in [0.5, 0.6) is 0 Å². The van der Waals surface area contributed by atoms with E-state index in [9.17, 15) is 18.0 Å². The lowest BCUT2D eigenvalue weighted by atomic mass is 10.1. The first kappa shape index (κ1) is 22.2. The van der Waals surface area contributed by atoms with E-state index in [4.69, 9.17) is 9.90 Å². The fourth-order valence-corrected chi connectivity index (χ4v) is 3.95. The number of carbonyl (C=O) groups excluding carboxylic acids is 1. The van der Waals surface area contributed by atoms with Crippen LogP contribution in [0.15, 0.2) is 17.6 Å². The number of thiazole rings is 1. The summed E-state index contributed by atoms with van der Waals surface area (Å²) in [5.41, 5.74) is 2.30. The number of carboxylic acids is 1. The maximum absolute atomic E-state index is 12.3. The van der Waals surface area contributed by atoms with Crippen molar-refractivity contribution in [2.24, 2.45) is 0 Å². The number of aliphatic carboxylic acids is 1. The van der Waals surface area contributed by atoms with Gasteiger partial charge in [-0.2, -0.15) is 18.3 Å². The zero-order valence-electron chi connectivity index (χ0n) is 16.3. The zero-order valence-corrected chi connectivity index (χ0v) is 17.1. The molecular weight excluding hydrogens is 423 g/mol. The maximum Gasteiger partial charge on any atom is 0.490 e. The third-order valence-electron chi connectivity index (χ3n) is 4.87. The molecule has 1 atom stereocenters. The lowest BCUT2D eigenvalue weighted by Gasteiger charge is -2.36. The molecule has 0 bridgehead atoms. The van der Waals surface area contributed by atoms with E-state index in [1.165, 1.54) is 5.69 Å². The van der Waals surface area contributed by atoms with Gasteiger partial charge in [-0.15, -0.1) is 11.3 Å². The number of nitrogens with zero attached hydrogens (tertiary/aromatic N) is 5. The molecule has 164 valence electrons. The summed E-state index contributed by atoms with van der Waals surface area (Å²) in [6.45, 7) is 6.42. The number of rotatable bonds is 4. The molecule has 1 N–H and O–H groups in total. The van der Waals surface area contributed by atoms with Crippen LogP contribution in [0.2, 0.25) is 0 Å². The van der Waals surface area contributed by atoms with Gasteiger partial charge in [-0.05, 0) is 19.4 Å². The largest absolute Gasteiger partial charge is 0.490 e. The van der Waals surface area contributed by atoms with E-state index >= 15 is 0 Å². The first-order valence-electron chi connectivity index (χ1n) is 9.37. The average Bonchev–Trinajstić information content (AvgIpc) is 3.22. The van der Waals surface area contributed by atoms with Crippen LogP contribution < -0.4 is 0 Å². The van der Waals surface area contributed by atoms with Gasteiger partial charge in [-0.1, -0.05) is 0 Å². The Kier molecular flexibility index (Phi) is 6.76. The van der Waals surface area contributed by atoms with Crippen molar-refractivity contribution in [2.45, 2.75) is 45.1 Å². The van der Waals surface area contributed by atoms with Crippen molar-refractivity contribution in [3.05, 3.63) is 34.0 Å². The van der Waals surface area contributed by atoms with Gasteiger partial charge in [-0.25, -0.2) is 9.78 Å². The number of hydrogen-bond donors (Lipinski definition) is 1. The van der Waals surface area contributed by atoms with Gasteiger partial charge in [0.05, 0.1) is 28.9 Å². The Morgan fingerprint density at radius 1 is 1.33 bits per heavy atom. The van der Waals surface area contributed by atoms with Gasteiger partial charge in [0.15, 0.2) is 0 Å². The highest BCUT2D eigenvalue weighted by Gasteiger charge is 2.38. The van der Waals surface area contributed by atoms with Crippen LogP contribution in [-0.4, -0.2) is 67.4 Å². The van der Waals surface area contributed by atoms with Crippen LogP contribution in [0, 0.1) is 6.92 Å². The Hall–Kier alpha value is -2.47. The summed E-state index contributed by atoms with van der Waals surface area (Å²) in [4.78, 5) is 30.1. The van der Waals surface area contributed by atoms with Gasteiger partial charge in [0.1, 0.15) is 0 Å². The Morgan fingerprint density at radius 3 is 2.57 bits per heavy atom. The first-order valence-corrected chi connectivity index (χ1v) is 10.2. The molecule has 1 fully saturated rings. The molecule has 2 aliphatic heterocycles. The number of amides is 1. The number of hydrogen-bond acceptors (Lipinski definition) is 6. The second-order valence-electron chi connectivity index (χ2n) is 7.19. The molecule has 0 aromatic carbocycles. The molecular formula is C18H22F3N5O3S. The molecule has 2 aromatic heterocycles. The maximum atomic E-state index is 12.3. The summed E-state index contributed by atoms with van der Waals surface area (Å²) in [6.07, 6.45) is -1.56. The number of alkyl halides is 3. The lowest BCUT2D eigenvalue weighted by Crippen LogP contribution is -2.45. The van der Waals surface area contributed by atoms with Gasteiger partial charge in [0.2, 0.25) is 5.91 Å². The van der Waals surface area contributed by atoms with Crippen LogP contribution in [0.4, 0.5) is 13.2 Å². The summed E-state index contributed by atoms with van der Waals surface area (Å²) in [7, 11) is 0. The molecule has 0 saturated carbocycles. The van der Waals surface area contributed by atoms with Crippen molar-refractivity contribution >= 4 is 23.2 Å². The molecule has 0 radical (unpaired) electrons. The van der Waals surface area contributed by atoms with Crippen LogP contribution in [-0.2, 0) is 22.7 Å². The quantitative estimate of drug-likeness (QED) is 0.778. The molecule has 0 spiro atoms. The number of fused-ring (bicyclic) bond motifs is 1. The van der Waals surface area contributed by atoms with Crippen molar-refractivity contribution in [3.63, 3.8) is 0 Å². The average molecular weight is 445 g/mol. The predicted octanol–water partition coefficient (Wildman–Crippen LogP) is 2.46. The number of halogens is 3. The third kappa shape index (κ3) is 5.57. The van der Waals surface area contributed by atoms with Gasteiger partial charge >= 0.3 is 12.1 Å². The van der Waals surface area contributed by atoms with Crippen molar-refractivity contribution < 1.29 is 27.9 Å². The van der Waals surface area contributed by atoms with Crippen LogP contribution >= 0.6 is 11.3 Å². The minimum absolute atomic E-state index is 0.126. The fourth-order valence-electron chi connectivity index (χ4n) is 3.34. The van der Waals surface area contributed by atoms with Gasteiger partial charge < -0.3 is 10.0 Å². The molecule has 0 aliphatic carbocycles. The van der Waals surface area contributed by atoms with E-state index in [-0.39, 0.29) is 11.9 Å². The molecule has 2 aliphatic rings. The Labute approximate surface area is 174 Å². The fraction of sp³-hybridized carbons (Fsp3) is 0.556. The van der Waals surface area contributed by atoms with Crippen LogP contribution in [0.25, 0.3) is 0 Å². The number of aryl methyl sites for hydroxylation is 1. The number of carbonyl (C=O) groups is 2. The smallest absolute Gasteiger partial charge is 0.475 e. The molecule has 12 heteroatoms. The zero-order chi connectivity index (χ0) is 21.9. The second-order valence-corrected chi connectivity index (χ2v) is 8.25. The van der Waals surface area contributed by atoms with Crippen molar-refractivity contribution in [2.75, 3.05) is 19.6 Å². The number of aromatic nitrogens is 3. The standard InChI is InChI=1S/C16H21N5OS.C2HF3O2/c1-12-18-13(11-23-12)8-19-9-14-3-4-17-21(14)15(10-19)7-16(22)20-5-2-6-20;3-2(4,5)1(6)7/h3-4,11,15H,2,5-10H2,1H3;(H,6,7). The van der Waals surface area contributed by atoms with Crippen molar-refractivity contribution in [1.82, 2.24) is 24.6 Å². The predicted molar refractivity (Wildman–Crippen MR) is 102 cm³/mol. The summed E-state index contributed by atoms with van der Waals surface area (Å²) in [5, 5.41) is 14.8. The summed E-state index contributed by atoms with van der Waals surface area (Å²) in [6, 6.07) is 2.18. The Bertz CT molecular complexity index is 894. The van der Waals surface area contributed by atoms with Crippen molar-refractivity contribution in [3.8, 4) is 0 Å². The van der Waals surface area contributed by atoms with E-state index in [1.807, 2.05) is 22.7 Å². The monoisotopic (exact) mass is 445 g/mol. The van der Waals surface area contributed by atoms with E-state index in [1.54, 1.807) is 11.3 Å². The summed E-state index contributed by atoms with van der Waals surface area (Å²) < 4.78 is 33.8. The molecule has 4 rings (SSSR count). The van der Waals surface area contributed by atoms with E-state index in [0.29, 0.717) is 6.42 Å². The highest BCUT2D eigenvalue weighted by atomic mass is 32.1. The first-order chi connectivity index (χ1) is 14.1. The molecule has 1 saturated heterocycles. The minimum Gasteiger partial charge on any atom is -0.475 e. The van der Waals surface area contributed by atoms with Crippen molar-refractivity contribution in [1.29, 1.82) is 0 Å². The molecule has 2 aromatic rings. The highest BCUT2D eigenvalue weighted by molar-refractivity contribution is 7.09. The normalized spacial score (nSPS) is 18.8. The third-order valence-corrected chi connectivity index (χ3v) is 5.69. The Morgan fingerprint density at radius 2 is 2.03 bits per heavy atom. The molecule has 4 heterocycles. The Balaban J connectivity index is 0.000000318.